The largest absolute Gasteiger partial charge is 1.00 e. The summed E-state index contributed by atoms with van der Waals surface area (Å²) in [7, 11) is 0. The number of carboxylic acid groups (broad SMARTS) is 2. The SMILES string of the molecule is O=C(O)C(F)(F)C(F)(F)C(F)(F)C(=O)O.[Cs+].[H-]. The number of carbonyl (C=O) groups is 2. The Labute approximate surface area is 144 Å². The van der Waals surface area contributed by atoms with Crippen molar-refractivity contribution in [3.05, 3.63) is 0 Å². The zero-order valence-electron chi connectivity index (χ0n) is 8.48. The predicted octanol–water partition coefficient (Wildman–Crippen LogP) is -1.82. The van der Waals surface area contributed by atoms with Crippen LogP contribution in [0.5, 0.6) is 0 Å². The van der Waals surface area contributed by atoms with Crippen molar-refractivity contribution in [2.75, 3.05) is 0 Å². The molecule has 0 aliphatic rings. The molecule has 0 radical (unpaired) electrons. The molecule has 11 heteroatoms. The Morgan fingerprint density at radius 3 is 1.12 bits per heavy atom. The summed E-state index contributed by atoms with van der Waals surface area (Å²) in [5.41, 5.74) is 0. The number of carboxylic acids is 2. The number of alkyl halides is 6. The monoisotopic (exact) mass is 374 g/mol. The molecule has 90 valence electrons. The minimum Gasteiger partial charge on any atom is -1.00 e. The van der Waals surface area contributed by atoms with Crippen LogP contribution in [0.1, 0.15) is 1.43 Å². The molecule has 0 aromatic carbocycles. The van der Waals surface area contributed by atoms with E-state index in [1.54, 1.807) is 0 Å². The van der Waals surface area contributed by atoms with Crippen LogP contribution >= 0.6 is 0 Å². The molecular weight excluding hydrogens is 371 g/mol. The quantitative estimate of drug-likeness (QED) is 0.569. The molecule has 16 heavy (non-hydrogen) atoms. The summed E-state index contributed by atoms with van der Waals surface area (Å²) in [4.78, 5) is 19.2. The second kappa shape index (κ2) is 5.48. The summed E-state index contributed by atoms with van der Waals surface area (Å²) in [5, 5.41) is 15.1. The number of hydrogen-bond donors (Lipinski definition) is 2. The van der Waals surface area contributed by atoms with Crippen molar-refractivity contribution in [1.29, 1.82) is 0 Å². The van der Waals surface area contributed by atoms with Gasteiger partial charge in [-0.3, -0.25) is 0 Å². The van der Waals surface area contributed by atoms with Gasteiger partial charge in [0, 0.05) is 0 Å². The topological polar surface area (TPSA) is 74.6 Å². The van der Waals surface area contributed by atoms with Crippen molar-refractivity contribution in [3.8, 4) is 0 Å². The van der Waals surface area contributed by atoms with Gasteiger partial charge in [0.15, 0.2) is 0 Å². The number of hydrogen-bond acceptors (Lipinski definition) is 2. The summed E-state index contributed by atoms with van der Waals surface area (Å²) in [5.74, 6) is -26.0. The van der Waals surface area contributed by atoms with Gasteiger partial charge in [0.1, 0.15) is 0 Å². The average molecular weight is 374 g/mol. The van der Waals surface area contributed by atoms with Crippen molar-refractivity contribution in [2.45, 2.75) is 17.8 Å². The van der Waals surface area contributed by atoms with E-state index in [2.05, 4.69) is 0 Å². The zero-order valence-corrected chi connectivity index (χ0v) is 13.8. The van der Waals surface area contributed by atoms with Crippen LogP contribution < -0.4 is 68.9 Å². The van der Waals surface area contributed by atoms with Crippen molar-refractivity contribution in [2.24, 2.45) is 0 Å². The molecule has 0 aromatic rings. The number of aliphatic carboxylic acids is 2. The van der Waals surface area contributed by atoms with Gasteiger partial charge < -0.3 is 11.6 Å². The van der Waals surface area contributed by atoms with Crippen LogP contribution in [-0.4, -0.2) is 39.9 Å². The Balaban J connectivity index is -0.000000980. The van der Waals surface area contributed by atoms with Gasteiger partial charge in [-0.25, -0.2) is 9.59 Å². The smallest absolute Gasteiger partial charge is 1.00 e. The molecular formula is C5H3CsF6O4. The van der Waals surface area contributed by atoms with E-state index in [0.717, 1.165) is 0 Å². The molecule has 0 heterocycles. The third-order valence-electron chi connectivity index (χ3n) is 1.33. The van der Waals surface area contributed by atoms with E-state index in [9.17, 15) is 35.9 Å². The van der Waals surface area contributed by atoms with Crippen molar-refractivity contribution in [3.63, 3.8) is 0 Å². The molecule has 2 N–H and O–H groups in total. The zero-order chi connectivity index (χ0) is 12.7. The molecule has 0 saturated heterocycles. The summed E-state index contributed by atoms with van der Waals surface area (Å²) in [6.07, 6.45) is 0. The summed E-state index contributed by atoms with van der Waals surface area (Å²) in [6, 6.07) is 0. The van der Waals surface area contributed by atoms with E-state index in [-0.39, 0.29) is 70.3 Å². The van der Waals surface area contributed by atoms with Crippen molar-refractivity contribution in [1.82, 2.24) is 0 Å². The normalized spacial score (nSPS) is 12.9. The van der Waals surface area contributed by atoms with Crippen LogP contribution in [0.15, 0.2) is 0 Å². The van der Waals surface area contributed by atoms with Crippen LogP contribution in [0, 0.1) is 0 Å². The molecule has 0 spiro atoms. The third-order valence-corrected chi connectivity index (χ3v) is 1.33. The summed E-state index contributed by atoms with van der Waals surface area (Å²) >= 11 is 0. The fourth-order valence-corrected chi connectivity index (χ4v) is 0.466. The van der Waals surface area contributed by atoms with Gasteiger partial charge in [-0.15, -0.1) is 0 Å². The summed E-state index contributed by atoms with van der Waals surface area (Å²) < 4.78 is 72.8. The maximum atomic E-state index is 12.2. The van der Waals surface area contributed by atoms with Crippen molar-refractivity contribution >= 4 is 11.9 Å². The molecule has 0 saturated carbocycles. The Hall–Kier alpha value is 0.572. The van der Waals surface area contributed by atoms with Gasteiger partial charge in [0.2, 0.25) is 0 Å². The van der Waals surface area contributed by atoms with Crippen LogP contribution in [0.4, 0.5) is 26.3 Å². The van der Waals surface area contributed by atoms with E-state index < -0.39 is 29.7 Å². The molecule has 4 nitrogen and oxygen atoms in total. The Morgan fingerprint density at radius 1 is 0.812 bits per heavy atom. The first kappa shape index (κ1) is 18.9. The van der Waals surface area contributed by atoms with E-state index in [1.165, 1.54) is 0 Å². The van der Waals surface area contributed by atoms with E-state index >= 15 is 0 Å². The minimum absolute atomic E-state index is 0. The molecule has 0 aliphatic carbocycles. The fraction of sp³-hybridized carbons (Fsp3) is 0.600. The van der Waals surface area contributed by atoms with Crippen LogP contribution in [0.3, 0.4) is 0 Å². The van der Waals surface area contributed by atoms with Gasteiger partial charge in [-0.05, 0) is 0 Å². The second-order valence-corrected chi connectivity index (χ2v) is 2.33. The van der Waals surface area contributed by atoms with E-state index in [0.29, 0.717) is 0 Å². The Bertz CT molecular complexity index is 281. The maximum Gasteiger partial charge on any atom is 1.00 e. The number of rotatable bonds is 4. The second-order valence-electron chi connectivity index (χ2n) is 2.33. The average Bonchev–Trinajstić information content (AvgIpc) is 2.02. The van der Waals surface area contributed by atoms with Crippen LogP contribution in [0.25, 0.3) is 0 Å². The van der Waals surface area contributed by atoms with E-state index in [4.69, 9.17) is 10.2 Å². The molecule has 0 amide bonds. The molecule has 0 fully saturated rings. The molecule has 0 bridgehead atoms. The van der Waals surface area contributed by atoms with Crippen LogP contribution in [0.2, 0.25) is 0 Å². The van der Waals surface area contributed by atoms with Crippen LogP contribution in [-0.2, 0) is 9.59 Å². The maximum absolute atomic E-state index is 12.2. The van der Waals surface area contributed by atoms with Gasteiger partial charge in [0.05, 0.1) is 0 Å². The fourth-order valence-electron chi connectivity index (χ4n) is 0.466. The summed E-state index contributed by atoms with van der Waals surface area (Å²) in [6.45, 7) is 0. The molecule has 0 aromatic heterocycles. The van der Waals surface area contributed by atoms with Gasteiger partial charge in [-0.1, -0.05) is 0 Å². The van der Waals surface area contributed by atoms with Crippen molar-refractivity contribution < 1.29 is 116 Å². The third kappa shape index (κ3) is 2.87. The van der Waals surface area contributed by atoms with Gasteiger partial charge >= 0.3 is 98.6 Å². The first-order valence-corrected chi connectivity index (χ1v) is 2.99. The Morgan fingerprint density at radius 2 is 1.00 bits per heavy atom. The molecule has 0 rings (SSSR count). The number of halogens is 6. The van der Waals surface area contributed by atoms with Gasteiger partial charge in [0.25, 0.3) is 0 Å². The molecule has 0 unspecified atom stereocenters. The molecule has 0 aliphatic heterocycles. The first-order valence-electron chi connectivity index (χ1n) is 2.99. The van der Waals surface area contributed by atoms with E-state index in [1.807, 2.05) is 0 Å². The standard InChI is InChI=1S/C5H2F6O4.Cs.H/c6-3(7,1(12)13)5(10,11)4(8,9)2(14)15;;/h(H,12,13)(H,14,15);;/q;+1;-1. The Kier molecular flexibility index (Phi) is 6.48. The minimum atomic E-state index is -6.53. The first-order chi connectivity index (χ1) is 6.39. The molecule has 0 atom stereocenters. The predicted molar refractivity (Wildman–Crippen MR) is 31.2 cm³/mol. The van der Waals surface area contributed by atoms with Gasteiger partial charge in [-0.2, -0.15) is 26.3 Å².